The van der Waals surface area contributed by atoms with Crippen molar-refractivity contribution in [3.05, 3.63) is 84.9 Å². The highest BCUT2D eigenvalue weighted by molar-refractivity contribution is 5.74. The average Bonchev–Trinajstić information content (AvgIpc) is 2.79. The molecule has 0 atom stereocenters. The van der Waals surface area contributed by atoms with Crippen molar-refractivity contribution in [1.82, 2.24) is 9.97 Å². The summed E-state index contributed by atoms with van der Waals surface area (Å²) in [6.45, 7) is 0. The minimum Gasteiger partial charge on any atom is -0.388 e. The van der Waals surface area contributed by atoms with Crippen LogP contribution in [-0.2, 0) is 0 Å². The second kappa shape index (κ2) is 7.92. The van der Waals surface area contributed by atoms with E-state index in [0.717, 1.165) is 45.3 Å². The Bertz CT molecular complexity index is 1020. The van der Waals surface area contributed by atoms with Gasteiger partial charge in [0.15, 0.2) is 5.82 Å². The highest BCUT2D eigenvalue weighted by Gasteiger charge is 2.11. The van der Waals surface area contributed by atoms with E-state index in [1.165, 1.54) is 0 Å². The lowest BCUT2D eigenvalue weighted by atomic mass is 10.1. The predicted octanol–water partition coefficient (Wildman–Crippen LogP) is 5.56. The SMILES string of the molecule is CNc1cccc(-c2cc(-c3cccc(NC)c3)nc(-c3ccccc3)n2)c1. The van der Waals surface area contributed by atoms with Gasteiger partial charge in [0, 0.05) is 42.2 Å². The van der Waals surface area contributed by atoms with Crippen molar-refractivity contribution in [3.8, 4) is 33.9 Å². The number of hydrogen-bond donors (Lipinski definition) is 2. The average molecular weight is 366 g/mol. The molecule has 1 heterocycles. The molecule has 138 valence electrons. The summed E-state index contributed by atoms with van der Waals surface area (Å²) in [7, 11) is 3.84. The number of benzene rings is 3. The fourth-order valence-electron chi connectivity index (χ4n) is 3.13. The number of anilines is 2. The Kier molecular flexibility index (Phi) is 5.02. The molecule has 0 bridgehead atoms. The molecule has 1 aromatic heterocycles. The quantitative estimate of drug-likeness (QED) is 0.485. The maximum atomic E-state index is 4.86. The van der Waals surface area contributed by atoms with Gasteiger partial charge >= 0.3 is 0 Å². The molecule has 0 amide bonds. The van der Waals surface area contributed by atoms with Crippen LogP contribution in [-0.4, -0.2) is 24.1 Å². The molecule has 0 saturated carbocycles. The molecular formula is C24H22N4. The van der Waals surface area contributed by atoms with E-state index in [1.54, 1.807) is 0 Å². The van der Waals surface area contributed by atoms with Gasteiger partial charge in [-0.15, -0.1) is 0 Å². The lowest BCUT2D eigenvalue weighted by Gasteiger charge is -2.11. The predicted molar refractivity (Wildman–Crippen MR) is 117 cm³/mol. The smallest absolute Gasteiger partial charge is 0.160 e. The van der Waals surface area contributed by atoms with Gasteiger partial charge in [-0.3, -0.25) is 0 Å². The molecule has 0 radical (unpaired) electrons. The summed E-state index contributed by atoms with van der Waals surface area (Å²) in [5.74, 6) is 0.720. The normalized spacial score (nSPS) is 10.5. The summed E-state index contributed by atoms with van der Waals surface area (Å²) in [5.41, 5.74) is 7.01. The summed E-state index contributed by atoms with van der Waals surface area (Å²) < 4.78 is 0. The summed E-state index contributed by atoms with van der Waals surface area (Å²) in [5, 5.41) is 6.39. The van der Waals surface area contributed by atoms with Gasteiger partial charge in [0.1, 0.15) is 0 Å². The van der Waals surface area contributed by atoms with Gasteiger partial charge in [-0.05, 0) is 30.3 Å². The molecule has 0 aliphatic heterocycles. The minimum absolute atomic E-state index is 0.720. The van der Waals surface area contributed by atoms with Crippen molar-refractivity contribution < 1.29 is 0 Å². The zero-order valence-electron chi connectivity index (χ0n) is 16.0. The van der Waals surface area contributed by atoms with Crippen LogP contribution < -0.4 is 10.6 Å². The zero-order chi connectivity index (χ0) is 19.3. The maximum absolute atomic E-state index is 4.86. The Hall–Kier alpha value is -3.66. The van der Waals surface area contributed by atoms with Crippen LogP contribution in [0.4, 0.5) is 11.4 Å². The molecule has 0 spiro atoms. The van der Waals surface area contributed by atoms with Gasteiger partial charge in [0.05, 0.1) is 11.4 Å². The molecule has 28 heavy (non-hydrogen) atoms. The van der Waals surface area contributed by atoms with Crippen LogP contribution in [0.1, 0.15) is 0 Å². The molecule has 0 aliphatic rings. The van der Waals surface area contributed by atoms with Crippen molar-refractivity contribution in [2.45, 2.75) is 0 Å². The second-order valence-corrected chi connectivity index (χ2v) is 6.49. The molecule has 0 aliphatic carbocycles. The van der Waals surface area contributed by atoms with E-state index < -0.39 is 0 Å². The fourth-order valence-corrected chi connectivity index (χ4v) is 3.13. The number of aromatic nitrogens is 2. The van der Waals surface area contributed by atoms with Gasteiger partial charge in [0.2, 0.25) is 0 Å². The number of nitrogens with one attached hydrogen (secondary N) is 2. The molecular weight excluding hydrogens is 344 g/mol. The third-order valence-corrected chi connectivity index (χ3v) is 4.65. The Morgan fingerprint density at radius 3 is 1.54 bits per heavy atom. The molecule has 0 unspecified atom stereocenters. The molecule has 2 N–H and O–H groups in total. The van der Waals surface area contributed by atoms with Gasteiger partial charge in [-0.1, -0.05) is 54.6 Å². The van der Waals surface area contributed by atoms with E-state index in [4.69, 9.17) is 9.97 Å². The number of nitrogens with zero attached hydrogens (tertiary/aromatic N) is 2. The van der Waals surface area contributed by atoms with E-state index in [-0.39, 0.29) is 0 Å². The number of hydrogen-bond acceptors (Lipinski definition) is 4. The van der Waals surface area contributed by atoms with Crippen molar-refractivity contribution in [1.29, 1.82) is 0 Å². The Morgan fingerprint density at radius 2 is 1.04 bits per heavy atom. The van der Waals surface area contributed by atoms with Crippen LogP contribution in [0.3, 0.4) is 0 Å². The van der Waals surface area contributed by atoms with Crippen molar-refractivity contribution in [3.63, 3.8) is 0 Å². The molecule has 4 aromatic rings. The van der Waals surface area contributed by atoms with Crippen LogP contribution in [0.15, 0.2) is 84.9 Å². The summed E-state index contributed by atoms with van der Waals surface area (Å²) in [6.07, 6.45) is 0. The Balaban J connectivity index is 1.90. The molecule has 3 aromatic carbocycles. The van der Waals surface area contributed by atoms with Crippen LogP contribution >= 0.6 is 0 Å². The van der Waals surface area contributed by atoms with Crippen LogP contribution in [0, 0.1) is 0 Å². The van der Waals surface area contributed by atoms with Gasteiger partial charge < -0.3 is 10.6 Å². The first kappa shape index (κ1) is 17.7. The van der Waals surface area contributed by atoms with Crippen LogP contribution in [0.2, 0.25) is 0 Å². The summed E-state index contributed by atoms with van der Waals surface area (Å²) >= 11 is 0. The Morgan fingerprint density at radius 1 is 0.536 bits per heavy atom. The topological polar surface area (TPSA) is 49.8 Å². The zero-order valence-corrected chi connectivity index (χ0v) is 16.0. The standard InChI is InChI=1S/C24H22N4/c1-25-20-12-6-10-18(14-20)22-16-23(19-11-7-13-21(15-19)26-2)28-24(27-22)17-8-4-3-5-9-17/h3-16,25-26H,1-2H3. The van der Waals surface area contributed by atoms with E-state index in [9.17, 15) is 0 Å². The fraction of sp³-hybridized carbons (Fsp3) is 0.0833. The Labute approximate surface area is 165 Å². The molecule has 0 fully saturated rings. The van der Waals surface area contributed by atoms with Gasteiger partial charge in [0.25, 0.3) is 0 Å². The van der Waals surface area contributed by atoms with E-state index in [1.807, 2.05) is 68.7 Å². The van der Waals surface area contributed by atoms with Gasteiger partial charge in [-0.2, -0.15) is 0 Å². The highest BCUT2D eigenvalue weighted by Crippen LogP contribution is 2.29. The van der Waals surface area contributed by atoms with Crippen molar-refractivity contribution in [2.24, 2.45) is 0 Å². The minimum atomic E-state index is 0.720. The van der Waals surface area contributed by atoms with Crippen LogP contribution in [0.25, 0.3) is 33.9 Å². The summed E-state index contributed by atoms with van der Waals surface area (Å²) in [6, 6.07) is 28.7. The second-order valence-electron chi connectivity index (χ2n) is 6.49. The van der Waals surface area contributed by atoms with Crippen LogP contribution in [0.5, 0.6) is 0 Å². The largest absolute Gasteiger partial charge is 0.388 e. The molecule has 4 nitrogen and oxygen atoms in total. The van der Waals surface area contributed by atoms with E-state index in [2.05, 4.69) is 41.0 Å². The molecule has 0 saturated heterocycles. The maximum Gasteiger partial charge on any atom is 0.160 e. The lowest BCUT2D eigenvalue weighted by Crippen LogP contribution is -1.97. The van der Waals surface area contributed by atoms with E-state index in [0.29, 0.717) is 0 Å². The first-order chi connectivity index (χ1) is 13.8. The highest BCUT2D eigenvalue weighted by atomic mass is 14.9. The van der Waals surface area contributed by atoms with Crippen molar-refractivity contribution >= 4 is 11.4 Å². The number of rotatable bonds is 5. The molecule has 4 heteroatoms. The monoisotopic (exact) mass is 366 g/mol. The first-order valence-corrected chi connectivity index (χ1v) is 9.28. The first-order valence-electron chi connectivity index (χ1n) is 9.28. The summed E-state index contributed by atoms with van der Waals surface area (Å²) in [4.78, 5) is 9.73. The van der Waals surface area contributed by atoms with Gasteiger partial charge in [-0.25, -0.2) is 9.97 Å². The third-order valence-electron chi connectivity index (χ3n) is 4.65. The third kappa shape index (κ3) is 3.71. The van der Waals surface area contributed by atoms with Crippen molar-refractivity contribution in [2.75, 3.05) is 24.7 Å². The van der Waals surface area contributed by atoms with E-state index >= 15 is 0 Å². The lowest BCUT2D eigenvalue weighted by molar-refractivity contribution is 1.18. The molecule has 4 rings (SSSR count).